The van der Waals surface area contributed by atoms with Gasteiger partial charge in [0.15, 0.2) is 0 Å². The summed E-state index contributed by atoms with van der Waals surface area (Å²) in [6.45, 7) is 5.06. The van der Waals surface area contributed by atoms with Crippen molar-refractivity contribution in [2.75, 3.05) is 0 Å². The van der Waals surface area contributed by atoms with Gasteiger partial charge < -0.3 is 0 Å². The lowest BCUT2D eigenvalue weighted by Gasteiger charge is -2.37. The van der Waals surface area contributed by atoms with Gasteiger partial charge in [-0.25, -0.2) is 0 Å². The maximum atomic E-state index is 13.0. The molecular weight excluding hydrogens is 240 g/mol. The summed E-state index contributed by atoms with van der Waals surface area (Å²) in [5.74, 6) is 0.678. The fraction of sp³-hybridized carbons (Fsp3) is 0.812. The second-order valence-electron chi connectivity index (χ2n) is 6.95. The third-order valence-corrected chi connectivity index (χ3v) is 5.11. The zero-order valence-electron chi connectivity index (χ0n) is 12.3. The van der Waals surface area contributed by atoms with Crippen LogP contribution in [0.15, 0.2) is 0 Å². The molecule has 2 fully saturated rings. The van der Waals surface area contributed by atoms with Gasteiger partial charge in [-0.3, -0.25) is 14.4 Å². The van der Waals surface area contributed by atoms with Gasteiger partial charge in [-0.1, -0.05) is 19.8 Å². The van der Waals surface area contributed by atoms with Crippen molar-refractivity contribution in [1.29, 1.82) is 0 Å². The molecule has 0 aromatic heterocycles. The van der Waals surface area contributed by atoms with Crippen LogP contribution in [0.5, 0.6) is 0 Å². The summed E-state index contributed by atoms with van der Waals surface area (Å²) in [7, 11) is 0. The molecule has 3 heteroatoms. The number of Topliss-reactive ketones (excluding diaryl/α,β-unsaturated/α-hetero) is 3. The molecule has 0 unspecified atom stereocenters. The maximum Gasteiger partial charge on any atom is 0.146 e. The van der Waals surface area contributed by atoms with Gasteiger partial charge >= 0.3 is 0 Å². The van der Waals surface area contributed by atoms with E-state index < -0.39 is 10.8 Å². The third kappa shape index (κ3) is 2.39. The average molecular weight is 264 g/mol. The van der Waals surface area contributed by atoms with Gasteiger partial charge in [0.05, 0.1) is 0 Å². The highest BCUT2D eigenvalue weighted by Gasteiger charge is 2.60. The monoisotopic (exact) mass is 264 g/mol. The van der Waals surface area contributed by atoms with Gasteiger partial charge in [0.25, 0.3) is 0 Å². The standard InChI is InChI=1S/C16H24O3/c1-11(17)8-15(3)10-13-6-4-5-7-16(13,14(15)19)9-12(2)18/h13H,4-10H2,1-3H3/t13-,15-,16+/m1/s1. The number of hydrogen-bond acceptors (Lipinski definition) is 3. The topological polar surface area (TPSA) is 51.2 Å². The van der Waals surface area contributed by atoms with Crippen LogP contribution in [0.3, 0.4) is 0 Å². The molecular formula is C16H24O3. The molecule has 2 rings (SSSR count). The summed E-state index contributed by atoms with van der Waals surface area (Å²) in [6.07, 6.45) is 5.56. The van der Waals surface area contributed by atoms with Crippen LogP contribution in [-0.4, -0.2) is 17.3 Å². The molecule has 2 aliphatic carbocycles. The summed E-state index contributed by atoms with van der Waals surface area (Å²) < 4.78 is 0. The number of carbonyl (C=O) groups excluding carboxylic acids is 3. The van der Waals surface area contributed by atoms with E-state index in [0.29, 0.717) is 18.8 Å². The van der Waals surface area contributed by atoms with Gasteiger partial charge in [0, 0.05) is 23.7 Å². The van der Waals surface area contributed by atoms with E-state index >= 15 is 0 Å². The molecule has 0 aliphatic heterocycles. The minimum atomic E-state index is -0.531. The van der Waals surface area contributed by atoms with Crippen molar-refractivity contribution in [1.82, 2.24) is 0 Å². The Bertz CT molecular complexity index is 426. The van der Waals surface area contributed by atoms with Crippen molar-refractivity contribution < 1.29 is 14.4 Å². The smallest absolute Gasteiger partial charge is 0.146 e. The number of ketones is 3. The minimum absolute atomic E-state index is 0.0764. The predicted molar refractivity (Wildman–Crippen MR) is 72.7 cm³/mol. The lowest BCUT2D eigenvalue weighted by molar-refractivity contribution is -0.140. The molecule has 0 aromatic rings. The van der Waals surface area contributed by atoms with E-state index in [4.69, 9.17) is 0 Å². The van der Waals surface area contributed by atoms with Crippen LogP contribution in [0.1, 0.15) is 65.7 Å². The largest absolute Gasteiger partial charge is 0.300 e. The molecule has 2 aliphatic rings. The van der Waals surface area contributed by atoms with E-state index in [9.17, 15) is 14.4 Å². The fourth-order valence-electron chi connectivity index (χ4n) is 4.60. The molecule has 0 bridgehead atoms. The van der Waals surface area contributed by atoms with E-state index in [2.05, 4.69) is 0 Å². The van der Waals surface area contributed by atoms with Gasteiger partial charge in [-0.15, -0.1) is 0 Å². The van der Waals surface area contributed by atoms with Crippen molar-refractivity contribution in [2.24, 2.45) is 16.7 Å². The number of rotatable bonds is 4. The highest BCUT2D eigenvalue weighted by Crippen LogP contribution is 2.59. The quantitative estimate of drug-likeness (QED) is 0.784. The Kier molecular flexibility index (Phi) is 3.67. The minimum Gasteiger partial charge on any atom is -0.300 e. The lowest BCUT2D eigenvalue weighted by Crippen LogP contribution is -2.40. The average Bonchev–Trinajstić information content (AvgIpc) is 2.48. The van der Waals surface area contributed by atoms with E-state index in [1.54, 1.807) is 13.8 Å². The van der Waals surface area contributed by atoms with Crippen LogP contribution in [0.2, 0.25) is 0 Å². The van der Waals surface area contributed by atoms with Gasteiger partial charge in [0.1, 0.15) is 17.3 Å². The maximum absolute atomic E-state index is 13.0. The van der Waals surface area contributed by atoms with Crippen LogP contribution < -0.4 is 0 Å². The van der Waals surface area contributed by atoms with E-state index in [1.165, 1.54) is 0 Å². The predicted octanol–water partition coefficient (Wildman–Crippen LogP) is 3.10. The van der Waals surface area contributed by atoms with Crippen LogP contribution in [-0.2, 0) is 14.4 Å². The van der Waals surface area contributed by atoms with Gasteiger partial charge in [-0.05, 0) is 39.0 Å². The number of carbonyl (C=O) groups is 3. The Labute approximate surface area is 115 Å². The molecule has 0 N–H and O–H groups in total. The molecule has 0 aromatic carbocycles. The highest BCUT2D eigenvalue weighted by molar-refractivity contribution is 5.98. The van der Waals surface area contributed by atoms with Crippen molar-refractivity contribution in [3.8, 4) is 0 Å². The molecule has 19 heavy (non-hydrogen) atoms. The Balaban J connectivity index is 2.35. The SMILES string of the molecule is CC(=O)C[C@]1(C)C[C@H]2CCCC[C@@]2(CC(C)=O)C1=O. The van der Waals surface area contributed by atoms with Crippen LogP contribution in [0.4, 0.5) is 0 Å². The zero-order chi connectivity index (χ0) is 14.3. The molecule has 0 radical (unpaired) electrons. The lowest BCUT2D eigenvalue weighted by atomic mass is 9.64. The Morgan fingerprint density at radius 2 is 1.79 bits per heavy atom. The first-order valence-electron chi connectivity index (χ1n) is 7.34. The fourth-order valence-corrected chi connectivity index (χ4v) is 4.60. The first-order valence-corrected chi connectivity index (χ1v) is 7.34. The molecule has 3 atom stereocenters. The second-order valence-corrected chi connectivity index (χ2v) is 6.95. The van der Waals surface area contributed by atoms with Crippen LogP contribution >= 0.6 is 0 Å². The third-order valence-electron chi connectivity index (χ3n) is 5.11. The molecule has 106 valence electrons. The molecule has 0 saturated heterocycles. The number of hydrogen-bond donors (Lipinski definition) is 0. The second kappa shape index (κ2) is 4.84. The molecule has 2 saturated carbocycles. The van der Waals surface area contributed by atoms with Gasteiger partial charge in [0.2, 0.25) is 0 Å². The van der Waals surface area contributed by atoms with Crippen LogP contribution in [0, 0.1) is 16.7 Å². The molecule has 0 amide bonds. The summed E-state index contributed by atoms with van der Waals surface area (Å²) in [6, 6.07) is 0. The summed E-state index contributed by atoms with van der Waals surface area (Å²) in [5, 5.41) is 0. The highest BCUT2D eigenvalue weighted by atomic mass is 16.1. The molecule has 3 nitrogen and oxygen atoms in total. The van der Waals surface area contributed by atoms with Crippen molar-refractivity contribution in [3.05, 3.63) is 0 Å². The summed E-state index contributed by atoms with van der Waals surface area (Å²) >= 11 is 0. The first kappa shape index (κ1) is 14.4. The van der Waals surface area contributed by atoms with E-state index in [-0.39, 0.29) is 17.3 Å². The molecule has 0 spiro atoms. The summed E-state index contributed by atoms with van der Waals surface area (Å²) in [5.41, 5.74) is -0.982. The van der Waals surface area contributed by atoms with Crippen molar-refractivity contribution >= 4 is 17.3 Å². The summed E-state index contributed by atoms with van der Waals surface area (Å²) in [4.78, 5) is 36.0. The Morgan fingerprint density at radius 1 is 1.16 bits per heavy atom. The zero-order valence-corrected chi connectivity index (χ0v) is 12.3. The normalized spacial score (nSPS) is 38.1. The first-order chi connectivity index (χ1) is 8.80. The van der Waals surface area contributed by atoms with E-state index in [0.717, 1.165) is 32.1 Å². The van der Waals surface area contributed by atoms with Crippen molar-refractivity contribution in [2.45, 2.75) is 65.7 Å². The van der Waals surface area contributed by atoms with Crippen molar-refractivity contribution in [3.63, 3.8) is 0 Å². The number of fused-ring (bicyclic) bond motifs is 1. The molecule has 0 heterocycles. The van der Waals surface area contributed by atoms with E-state index in [1.807, 2.05) is 6.92 Å². The van der Waals surface area contributed by atoms with Gasteiger partial charge in [-0.2, -0.15) is 0 Å². The Hall–Kier alpha value is -0.990. The Morgan fingerprint density at radius 3 is 2.37 bits per heavy atom. The van der Waals surface area contributed by atoms with Crippen LogP contribution in [0.25, 0.3) is 0 Å².